The minimum absolute atomic E-state index is 0.210. The summed E-state index contributed by atoms with van der Waals surface area (Å²) in [5.41, 5.74) is 0. The SMILES string of the molecule is CN(C)CC[N+](C)(C)CC(=O)Oc1cc(Cl)ccc1Oc1ccc(Cl)cc1Cl. The summed E-state index contributed by atoms with van der Waals surface area (Å²) < 4.78 is 11.9. The smallest absolute Gasteiger partial charge is 0.367 e. The molecule has 2 aromatic rings. The van der Waals surface area contributed by atoms with Crippen LogP contribution in [-0.4, -0.2) is 63.2 Å². The largest absolute Gasteiger partial charge is 0.452 e. The third-order valence-electron chi connectivity index (χ3n) is 3.95. The lowest BCUT2D eigenvalue weighted by atomic mass is 10.3. The maximum Gasteiger partial charge on any atom is 0.367 e. The molecule has 0 atom stereocenters. The van der Waals surface area contributed by atoms with Crippen molar-refractivity contribution in [2.75, 3.05) is 47.8 Å². The number of quaternary nitrogens is 1. The highest BCUT2D eigenvalue weighted by Crippen LogP contribution is 2.37. The molecule has 152 valence electrons. The number of halogens is 3. The average Bonchev–Trinajstić information content (AvgIpc) is 2.57. The number of nitrogens with zero attached hydrogens (tertiary/aromatic N) is 2. The Hall–Kier alpha value is -1.50. The molecule has 0 aliphatic heterocycles. The van der Waals surface area contributed by atoms with Gasteiger partial charge in [-0.15, -0.1) is 0 Å². The molecule has 0 N–H and O–H groups in total. The first kappa shape index (κ1) is 22.8. The van der Waals surface area contributed by atoms with Gasteiger partial charge in [-0.25, -0.2) is 4.79 Å². The molecule has 0 saturated carbocycles. The molecule has 0 saturated heterocycles. The summed E-state index contributed by atoms with van der Waals surface area (Å²) in [6, 6.07) is 9.70. The van der Waals surface area contributed by atoms with E-state index in [1.165, 1.54) is 0 Å². The number of rotatable bonds is 8. The fourth-order valence-corrected chi connectivity index (χ4v) is 2.99. The van der Waals surface area contributed by atoms with Gasteiger partial charge in [0.15, 0.2) is 18.0 Å². The van der Waals surface area contributed by atoms with E-state index < -0.39 is 0 Å². The Morgan fingerprint density at radius 3 is 2.18 bits per heavy atom. The monoisotopic (exact) mass is 445 g/mol. The van der Waals surface area contributed by atoms with E-state index in [1.807, 2.05) is 28.2 Å². The molecular formula is C20H24Cl3N2O3+. The number of carbonyl (C=O) groups excluding carboxylic acids is 1. The third kappa shape index (κ3) is 7.15. The Kier molecular flexibility index (Phi) is 7.98. The highest BCUT2D eigenvalue weighted by atomic mass is 35.5. The van der Waals surface area contributed by atoms with Gasteiger partial charge in [0, 0.05) is 22.7 Å². The van der Waals surface area contributed by atoms with Crippen LogP contribution in [0.25, 0.3) is 0 Å². The first-order valence-electron chi connectivity index (χ1n) is 8.65. The Morgan fingerprint density at radius 1 is 0.964 bits per heavy atom. The lowest BCUT2D eigenvalue weighted by Crippen LogP contribution is -2.48. The topological polar surface area (TPSA) is 38.8 Å². The van der Waals surface area contributed by atoms with E-state index in [0.29, 0.717) is 31.0 Å². The minimum atomic E-state index is -0.377. The molecule has 0 aromatic heterocycles. The molecule has 2 rings (SSSR count). The average molecular weight is 447 g/mol. The number of ether oxygens (including phenoxy) is 2. The van der Waals surface area contributed by atoms with Gasteiger partial charge in [-0.05, 0) is 44.4 Å². The fraction of sp³-hybridized carbons (Fsp3) is 0.350. The number of esters is 1. The van der Waals surface area contributed by atoms with Crippen molar-refractivity contribution < 1.29 is 18.8 Å². The Bertz CT molecular complexity index is 841. The van der Waals surface area contributed by atoms with E-state index in [4.69, 9.17) is 44.3 Å². The number of hydrogen-bond acceptors (Lipinski definition) is 4. The van der Waals surface area contributed by atoms with Crippen molar-refractivity contribution in [2.45, 2.75) is 0 Å². The van der Waals surface area contributed by atoms with Gasteiger partial charge < -0.3 is 18.9 Å². The van der Waals surface area contributed by atoms with Crippen molar-refractivity contribution in [1.82, 2.24) is 4.90 Å². The zero-order valence-corrected chi connectivity index (χ0v) is 18.6. The molecule has 0 heterocycles. The maximum atomic E-state index is 12.5. The Labute approximate surface area is 180 Å². The van der Waals surface area contributed by atoms with Gasteiger partial charge in [0.2, 0.25) is 0 Å². The van der Waals surface area contributed by atoms with Crippen LogP contribution < -0.4 is 9.47 Å². The molecule has 0 aliphatic rings. The number of hydrogen-bond donors (Lipinski definition) is 0. The highest BCUT2D eigenvalue weighted by molar-refractivity contribution is 6.35. The number of likely N-dealkylation sites (N-methyl/N-ethyl adjacent to an activating group) is 2. The van der Waals surface area contributed by atoms with Gasteiger partial charge in [0.25, 0.3) is 0 Å². The van der Waals surface area contributed by atoms with Crippen LogP contribution in [0, 0.1) is 0 Å². The molecule has 0 fully saturated rings. The lowest BCUT2D eigenvalue weighted by Gasteiger charge is -2.29. The summed E-state index contributed by atoms with van der Waals surface area (Å²) in [6.07, 6.45) is 0. The van der Waals surface area contributed by atoms with Crippen LogP contribution in [0.1, 0.15) is 0 Å². The van der Waals surface area contributed by atoms with E-state index >= 15 is 0 Å². The van der Waals surface area contributed by atoms with Crippen LogP contribution in [-0.2, 0) is 4.79 Å². The lowest BCUT2D eigenvalue weighted by molar-refractivity contribution is -0.882. The number of benzene rings is 2. The van der Waals surface area contributed by atoms with Gasteiger partial charge in [0.05, 0.1) is 25.7 Å². The molecule has 0 amide bonds. The molecule has 8 heteroatoms. The molecule has 28 heavy (non-hydrogen) atoms. The summed E-state index contributed by atoms with van der Waals surface area (Å²) in [7, 11) is 7.95. The molecule has 0 spiro atoms. The van der Waals surface area contributed by atoms with Crippen LogP contribution >= 0.6 is 34.8 Å². The van der Waals surface area contributed by atoms with E-state index in [-0.39, 0.29) is 18.3 Å². The summed E-state index contributed by atoms with van der Waals surface area (Å²) in [6.45, 7) is 1.88. The quantitative estimate of drug-likeness (QED) is 0.325. The van der Waals surface area contributed by atoms with Gasteiger partial charge in [-0.1, -0.05) is 34.8 Å². The van der Waals surface area contributed by atoms with Crippen LogP contribution in [0.5, 0.6) is 17.2 Å². The molecule has 0 bridgehead atoms. The molecule has 0 unspecified atom stereocenters. The Balaban J connectivity index is 2.14. The van der Waals surface area contributed by atoms with Crippen LogP contribution in [0.15, 0.2) is 36.4 Å². The van der Waals surface area contributed by atoms with Crippen molar-refractivity contribution in [3.8, 4) is 17.2 Å². The van der Waals surface area contributed by atoms with Crippen LogP contribution in [0.3, 0.4) is 0 Å². The van der Waals surface area contributed by atoms with Crippen molar-refractivity contribution in [1.29, 1.82) is 0 Å². The zero-order valence-electron chi connectivity index (χ0n) is 16.3. The molecule has 0 radical (unpaired) electrons. The second kappa shape index (κ2) is 9.81. The Morgan fingerprint density at radius 2 is 1.57 bits per heavy atom. The van der Waals surface area contributed by atoms with E-state index in [2.05, 4.69) is 4.90 Å². The summed E-state index contributed by atoms with van der Waals surface area (Å²) >= 11 is 18.2. The summed E-state index contributed by atoms with van der Waals surface area (Å²) in [4.78, 5) is 14.6. The molecule has 5 nitrogen and oxygen atoms in total. The van der Waals surface area contributed by atoms with Gasteiger partial charge in [-0.3, -0.25) is 0 Å². The highest BCUT2D eigenvalue weighted by Gasteiger charge is 2.23. The molecular weight excluding hydrogens is 423 g/mol. The van der Waals surface area contributed by atoms with E-state index in [9.17, 15) is 4.79 Å². The summed E-state index contributed by atoms with van der Waals surface area (Å²) in [5.74, 6) is 0.586. The second-order valence-corrected chi connectivity index (χ2v) is 8.64. The van der Waals surface area contributed by atoms with E-state index in [1.54, 1.807) is 36.4 Å². The van der Waals surface area contributed by atoms with Crippen molar-refractivity contribution in [2.24, 2.45) is 0 Å². The number of carbonyl (C=O) groups is 1. The van der Waals surface area contributed by atoms with Gasteiger partial charge >= 0.3 is 5.97 Å². The normalized spacial score (nSPS) is 11.6. The molecule has 0 aliphatic carbocycles. The van der Waals surface area contributed by atoms with Crippen LogP contribution in [0.2, 0.25) is 15.1 Å². The van der Waals surface area contributed by atoms with Crippen molar-refractivity contribution in [3.05, 3.63) is 51.5 Å². The first-order valence-corrected chi connectivity index (χ1v) is 9.79. The minimum Gasteiger partial charge on any atom is -0.452 e. The molecule has 2 aromatic carbocycles. The van der Waals surface area contributed by atoms with Gasteiger partial charge in [-0.2, -0.15) is 0 Å². The van der Waals surface area contributed by atoms with Crippen molar-refractivity contribution >= 4 is 40.8 Å². The van der Waals surface area contributed by atoms with Crippen LogP contribution in [0.4, 0.5) is 0 Å². The van der Waals surface area contributed by atoms with E-state index in [0.717, 1.165) is 13.1 Å². The summed E-state index contributed by atoms with van der Waals surface area (Å²) in [5, 5.41) is 1.28. The zero-order chi connectivity index (χ0) is 20.9. The van der Waals surface area contributed by atoms with Gasteiger partial charge in [0.1, 0.15) is 5.75 Å². The fourth-order valence-electron chi connectivity index (χ4n) is 2.38. The third-order valence-corrected chi connectivity index (χ3v) is 4.72. The predicted octanol–water partition coefficient (Wildman–Crippen LogP) is 4.98. The first-order chi connectivity index (χ1) is 13.1. The second-order valence-electron chi connectivity index (χ2n) is 7.36. The van der Waals surface area contributed by atoms with Crippen molar-refractivity contribution in [3.63, 3.8) is 0 Å². The standard InChI is InChI=1S/C20H24Cl3N2O3/c1-24(2)9-10-25(3,4)13-20(26)28-19-12-15(22)6-8-18(19)27-17-7-5-14(21)11-16(17)23/h5-8,11-12H,9-10,13H2,1-4H3/q+1. The predicted molar refractivity (Wildman–Crippen MR) is 114 cm³/mol. The maximum absolute atomic E-state index is 12.5.